The fourth-order valence-electron chi connectivity index (χ4n) is 2.10. The average Bonchev–Trinajstić information content (AvgIpc) is 2.86. The zero-order valence-electron chi connectivity index (χ0n) is 13.0. The molecule has 2 aromatic rings. The van der Waals surface area contributed by atoms with Crippen LogP contribution < -0.4 is 5.32 Å². The van der Waals surface area contributed by atoms with Gasteiger partial charge in [0.1, 0.15) is 0 Å². The van der Waals surface area contributed by atoms with Crippen molar-refractivity contribution in [3.05, 3.63) is 48.3 Å². The maximum absolute atomic E-state index is 11.7. The van der Waals surface area contributed by atoms with Gasteiger partial charge in [-0.3, -0.25) is 4.79 Å². The van der Waals surface area contributed by atoms with Crippen LogP contribution in [-0.2, 0) is 11.2 Å². The summed E-state index contributed by atoms with van der Waals surface area (Å²) in [5, 5.41) is 7.31. The molecule has 1 amide bonds. The molecule has 112 valence electrons. The lowest BCUT2D eigenvalue weighted by atomic mass is 9.92. The summed E-state index contributed by atoms with van der Waals surface area (Å²) in [6.07, 6.45) is 5.20. The molecule has 0 spiro atoms. The summed E-state index contributed by atoms with van der Waals surface area (Å²) in [6, 6.07) is 10.00. The molecule has 1 N–H and O–H groups in total. The van der Waals surface area contributed by atoms with Gasteiger partial charge >= 0.3 is 0 Å². The predicted octanol–water partition coefficient (Wildman–Crippen LogP) is 2.97. The quantitative estimate of drug-likeness (QED) is 0.918. The van der Waals surface area contributed by atoms with Crippen molar-refractivity contribution in [3.8, 4) is 5.69 Å². The van der Waals surface area contributed by atoms with Gasteiger partial charge in [-0.25, -0.2) is 4.68 Å². The van der Waals surface area contributed by atoms with E-state index >= 15 is 0 Å². The normalized spacial score (nSPS) is 11.4. The number of benzene rings is 1. The lowest BCUT2D eigenvalue weighted by Gasteiger charge is -2.17. The highest BCUT2D eigenvalue weighted by Crippen LogP contribution is 2.17. The van der Waals surface area contributed by atoms with Gasteiger partial charge in [0.05, 0.1) is 11.9 Å². The molecule has 0 aliphatic heterocycles. The number of hydrogen-bond acceptors (Lipinski definition) is 2. The summed E-state index contributed by atoms with van der Waals surface area (Å²) in [7, 11) is 0. The Hall–Kier alpha value is -2.10. The van der Waals surface area contributed by atoms with Gasteiger partial charge < -0.3 is 5.32 Å². The van der Waals surface area contributed by atoms with Crippen LogP contribution in [0.3, 0.4) is 0 Å². The van der Waals surface area contributed by atoms with Crippen molar-refractivity contribution in [2.24, 2.45) is 5.41 Å². The molecule has 0 saturated carbocycles. The number of carbonyl (C=O) groups excluding carboxylic acids is 1. The Morgan fingerprint density at radius 1 is 1.24 bits per heavy atom. The van der Waals surface area contributed by atoms with Crippen LogP contribution in [0.15, 0.2) is 42.7 Å². The number of rotatable bonds is 5. The van der Waals surface area contributed by atoms with Crippen LogP contribution in [0.25, 0.3) is 5.69 Å². The van der Waals surface area contributed by atoms with E-state index < -0.39 is 0 Å². The predicted molar refractivity (Wildman–Crippen MR) is 84.3 cm³/mol. The Labute approximate surface area is 126 Å². The fourth-order valence-corrected chi connectivity index (χ4v) is 2.10. The monoisotopic (exact) mass is 285 g/mol. The van der Waals surface area contributed by atoms with Crippen LogP contribution in [0, 0.1) is 5.41 Å². The van der Waals surface area contributed by atoms with Gasteiger partial charge in [0.15, 0.2) is 0 Å². The summed E-state index contributed by atoms with van der Waals surface area (Å²) in [4.78, 5) is 11.7. The zero-order valence-corrected chi connectivity index (χ0v) is 13.0. The van der Waals surface area contributed by atoms with E-state index in [1.165, 1.54) is 0 Å². The third-order valence-corrected chi connectivity index (χ3v) is 3.08. The zero-order chi connectivity index (χ0) is 15.3. The minimum absolute atomic E-state index is 0.0300. The van der Waals surface area contributed by atoms with Gasteiger partial charge in [0.2, 0.25) is 5.91 Å². The molecule has 1 aromatic carbocycles. The molecule has 2 rings (SSSR count). The molecular weight excluding hydrogens is 262 g/mol. The topological polar surface area (TPSA) is 46.9 Å². The first kappa shape index (κ1) is 15.3. The lowest BCUT2D eigenvalue weighted by Crippen LogP contribution is -2.29. The first-order valence-electron chi connectivity index (χ1n) is 7.30. The summed E-state index contributed by atoms with van der Waals surface area (Å²) < 4.78 is 1.85. The van der Waals surface area contributed by atoms with Crippen molar-refractivity contribution >= 4 is 5.91 Å². The molecule has 1 heterocycles. The largest absolute Gasteiger partial charge is 0.356 e. The Balaban J connectivity index is 1.83. The third kappa shape index (κ3) is 5.06. The molecular formula is C17H23N3O. The summed E-state index contributed by atoms with van der Waals surface area (Å²) in [6.45, 7) is 6.85. The Morgan fingerprint density at radius 3 is 2.62 bits per heavy atom. The minimum atomic E-state index is 0.0300. The lowest BCUT2D eigenvalue weighted by molar-refractivity contribution is -0.122. The maximum Gasteiger partial charge on any atom is 0.220 e. The highest BCUT2D eigenvalue weighted by Gasteiger charge is 2.15. The van der Waals surface area contributed by atoms with Crippen molar-refractivity contribution in [1.29, 1.82) is 0 Å². The fraction of sp³-hybridized carbons (Fsp3) is 0.412. The standard InChI is InChI=1S/C17H23N3O/c1-17(2,3)11-16(21)18-10-9-14-12-19-20(13-14)15-7-5-4-6-8-15/h4-8,12-13H,9-11H2,1-3H3,(H,18,21). The molecule has 0 aliphatic carbocycles. The van der Waals surface area contributed by atoms with E-state index in [-0.39, 0.29) is 11.3 Å². The van der Waals surface area contributed by atoms with E-state index in [4.69, 9.17) is 0 Å². The van der Waals surface area contributed by atoms with E-state index in [0.717, 1.165) is 17.7 Å². The molecule has 0 bridgehead atoms. The van der Waals surface area contributed by atoms with Crippen molar-refractivity contribution < 1.29 is 4.79 Å². The average molecular weight is 285 g/mol. The van der Waals surface area contributed by atoms with E-state index in [2.05, 4.69) is 31.2 Å². The van der Waals surface area contributed by atoms with E-state index in [9.17, 15) is 4.79 Å². The van der Waals surface area contributed by atoms with E-state index in [0.29, 0.717) is 13.0 Å². The molecule has 0 radical (unpaired) electrons. The number of nitrogens with zero attached hydrogens (tertiary/aromatic N) is 2. The molecule has 0 atom stereocenters. The van der Waals surface area contributed by atoms with E-state index in [1.807, 2.05) is 47.4 Å². The van der Waals surface area contributed by atoms with Gasteiger partial charge in [-0.15, -0.1) is 0 Å². The Morgan fingerprint density at radius 2 is 1.95 bits per heavy atom. The van der Waals surface area contributed by atoms with Crippen molar-refractivity contribution in [2.75, 3.05) is 6.54 Å². The third-order valence-electron chi connectivity index (χ3n) is 3.08. The first-order valence-corrected chi connectivity index (χ1v) is 7.30. The minimum Gasteiger partial charge on any atom is -0.356 e. The number of amides is 1. The van der Waals surface area contributed by atoms with Crippen molar-refractivity contribution in [1.82, 2.24) is 15.1 Å². The highest BCUT2D eigenvalue weighted by molar-refractivity contribution is 5.76. The second-order valence-corrected chi connectivity index (χ2v) is 6.47. The number of carbonyl (C=O) groups is 1. The molecule has 21 heavy (non-hydrogen) atoms. The highest BCUT2D eigenvalue weighted by atomic mass is 16.1. The first-order chi connectivity index (χ1) is 9.94. The number of nitrogens with one attached hydrogen (secondary N) is 1. The SMILES string of the molecule is CC(C)(C)CC(=O)NCCc1cnn(-c2ccccc2)c1. The molecule has 0 fully saturated rings. The maximum atomic E-state index is 11.7. The smallest absolute Gasteiger partial charge is 0.220 e. The molecule has 0 unspecified atom stereocenters. The number of para-hydroxylation sites is 1. The van der Waals surface area contributed by atoms with Crippen molar-refractivity contribution in [3.63, 3.8) is 0 Å². The van der Waals surface area contributed by atoms with Crippen LogP contribution in [0.1, 0.15) is 32.8 Å². The van der Waals surface area contributed by atoms with E-state index in [1.54, 1.807) is 0 Å². The van der Waals surface area contributed by atoms with Gasteiger partial charge in [0, 0.05) is 19.2 Å². The summed E-state index contributed by atoms with van der Waals surface area (Å²) >= 11 is 0. The van der Waals surface area contributed by atoms with Gasteiger partial charge in [-0.1, -0.05) is 39.0 Å². The molecule has 4 nitrogen and oxygen atoms in total. The van der Waals surface area contributed by atoms with Crippen molar-refractivity contribution in [2.45, 2.75) is 33.6 Å². The molecule has 1 aromatic heterocycles. The molecule has 0 aliphatic rings. The van der Waals surface area contributed by atoms with Crippen LogP contribution in [0.2, 0.25) is 0 Å². The van der Waals surface area contributed by atoms with Gasteiger partial charge in [-0.2, -0.15) is 5.10 Å². The van der Waals surface area contributed by atoms with Gasteiger partial charge in [-0.05, 0) is 29.5 Å². The molecule has 4 heteroatoms. The second-order valence-electron chi connectivity index (χ2n) is 6.47. The number of hydrogen-bond donors (Lipinski definition) is 1. The Kier molecular flexibility index (Phi) is 4.78. The number of aromatic nitrogens is 2. The van der Waals surface area contributed by atoms with Crippen LogP contribution in [-0.4, -0.2) is 22.2 Å². The van der Waals surface area contributed by atoms with Crippen LogP contribution in [0.4, 0.5) is 0 Å². The molecule has 0 saturated heterocycles. The summed E-state index contributed by atoms with van der Waals surface area (Å²) in [5.74, 6) is 0.109. The van der Waals surface area contributed by atoms with Crippen LogP contribution in [0.5, 0.6) is 0 Å². The van der Waals surface area contributed by atoms with Gasteiger partial charge in [0.25, 0.3) is 0 Å². The summed E-state index contributed by atoms with van der Waals surface area (Å²) in [5.41, 5.74) is 2.19. The second kappa shape index (κ2) is 6.57. The van der Waals surface area contributed by atoms with Crippen LogP contribution >= 0.6 is 0 Å². The Bertz CT molecular complexity index is 582.